The Labute approximate surface area is 103 Å². The largest absolute Gasteiger partial charge is 0.493 e. The van der Waals surface area contributed by atoms with Crippen molar-refractivity contribution < 1.29 is 23.9 Å². The average Bonchev–Trinajstić information content (AvgIpc) is 2.41. The second kappa shape index (κ2) is 4.14. The maximum atomic E-state index is 11.9. The smallest absolute Gasteiger partial charge is 0.301 e. The van der Waals surface area contributed by atoms with Gasteiger partial charge in [-0.05, 0) is 12.1 Å². The van der Waals surface area contributed by atoms with Gasteiger partial charge in [0.25, 0.3) is 11.7 Å². The van der Waals surface area contributed by atoms with Crippen LogP contribution < -0.4 is 9.47 Å². The molecule has 94 valence electrons. The number of likely N-dealkylation sites (N-methyl/N-ethyl adjacent to an activating group) is 1. The number of ether oxygens (including phenoxy) is 2. The van der Waals surface area contributed by atoms with Crippen LogP contribution in [0, 0.1) is 0 Å². The summed E-state index contributed by atoms with van der Waals surface area (Å²) in [5.74, 6) is -1.47. The molecule has 1 aromatic rings. The van der Waals surface area contributed by atoms with Crippen molar-refractivity contribution in [2.45, 2.75) is 0 Å². The summed E-state index contributed by atoms with van der Waals surface area (Å²) in [6, 6.07) is 2.75. The van der Waals surface area contributed by atoms with Crippen molar-refractivity contribution in [2.75, 3.05) is 21.3 Å². The quantitative estimate of drug-likeness (QED) is 0.563. The Bertz CT molecular complexity index is 564. The number of Topliss-reactive ketones (excluding diaryl/α,β-unsaturated/α-hetero) is 1. The number of hydrogen-bond donors (Lipinski definition) is 0. The third-order valence-corrected chi connectivity index (χ3v) is 2.80. The van der Waals surface area contributed by atoms with E-state index in [1.807, 2.05) is 0 Å². The number of rotatable bonds is 2. The molecule has 6 heteroatoms. The van der Waals surface area contributed by atoms with Crippen LogP contribution in [-0.2, 0) is 4.79 Å². The van der Waals surface area contributed by atoms with Crippen LogP contribution in [0.4, 0.5) is 0 Å². The molecule has 0 aliphatic carbocycles. The summed E-state index contributed by atoms with van der Waals surface area (Å²) in [6.07, 6.45) is 0. The SMILES string of the molecule is COc1cc2c(cc1OC)C(=O)N(C)C(=O)C2=O. The molecule has 0 unspecified atom stereocenters. The first-order chi connectivity index (χ1) is 8.51. The van der Waals surface area contributed by atoms with Gasteiger partial charge in [-0.25, -0.2) is 0 Å². The van der Waals surface area contributed by atoms with Crippen molar-refractivity contribution in [3.8, 4) is 11.5 Å². The summed E-state index contributed by atoms with van der Waals surface area (Å²) in [4.78, 5) is 36.0. The van der Waals surface area contributed by atoms with Crippen LogP contribution in [-0.4, -0.2) is 43.8 Å². The van der Waals surface area contributed by atoms with Crippen molar-refractivity contribution in [1.29, 1.82) is 0 Å². The summed E-state index contributed by atoms with van der Waals surface area (Å²) in [6.45, 7) is 0. The third kappa shape index (κ3) is 1.54. The molecule has 18 heavy (non-hydrogen) atoms. The van der Waals surface area contributed by atoms with Crippen molar-refractivity contribution in [2.24, 2.45) is 0 Å². The van der Waals surface area contributed by atoms with Crippen LogP contribution in [0.25, 0.3) is 0 Å². The van der Waals surface area contributed by atoms with Crippen LogP contribution >= 0.6 is 0 Å². The lowest BCUT2D eigenvalue weighted by Gasteiger charge is -2.23. The molecule has 0 bridgehead atoms. The highest BCUT2D eigenvalue weighted by Crippen LogP contribution is 2.33. The van der Waals surface area contributed by atoms with Gasteiger partial charge in [0.2, 0.25) is 0 Å². The lowest BCUT2D eigenvalue weighted by molar-refractivity contribution is -0.123. The van der Waals surface area contributed by atoms with E-state index in [4.69, 9.17) is 9.47 Å². The summed E-state index contributed by atoms with van der Waals surface area (Å²) in [5, 5.41) is 0. The van der Waals surface area contributed by atoms with Gasteiger partial charge in [-0.1, -0.05) is 0 Å². The summed E-state index contributed by atoms with van der Waals surface area (Å²) >= 11 is 0. The first kappa shape index (κ1) is 12.1. The zero-order chi connectivity index (χ0) is 13.4. The Kier molecular flexibility index (Phi) is 2.78. The Balaban J connectivity index is 2.69. The minimum absolute atomic E-state index is 0.0424. The van der Waals surface area contributed by atoms with E-state index in [9.17, 15) is 14.4 Å². The van der Waals surface area contributed by atoms with Crippen LogP contribution in [0.3, 0.4) is 0 Å². The molecule has 0 atom stereocenters. The van der Waals surface area contributed by atoms with Gasteiger partial charge in [0.1, 0.15) is 0 Å². The van der Waals surface area contributed by atoms with Gasteiger partial charge >= 0.3 is 5.91 Å². The van der Waals surface area contributed by atoms with Gasteiger partial charge in [0, 0.05) is 12.6 Å². The van der Waals surface area contributed by atoms with Gasteiger partial charge in [0.05, 0.1) is 19.8 Å². The summed E-state index contributed by atoms with van der Waals surface area (Å²) in [7, 11) is 4.10. The molecule has 0 spiro atoms. The highest BCUT2D eigenvalue weighted by atomic mass is 16.5. The Morgan fingerprint density at radius 3 is 1.89 bits per heavy atom. The molecule has 6 nitrogen and oxygen atoms in total. The first-order valence-corrected chi connectivity index (χ1v) is 5.14. The normalized spacial score (nSPS) is 14.6. The number of benzene rings is 1. The lowest BCUT2D eigenvalue weighted by Crippen LogP contribution is -2.43. The molecule has 0 saturated carbocycles. The topological polar surface area (TPSA) is 72.9 Å². The number of fused-ring (bicyclic) bond motifs is 1. The molecular formula is C12H11NO5. The molecule has 1 aliphatic rings. The zero-order valence-corrected chi connectivity index (χ0v) is 10.1. The predicted molar refractivity (Wildman–Crippen MR) is 61.0 cm³/mol. The number of imide groups is 1. The van der Waals surface area contributed by atoms with E-state index in [1.165, 1.54) is 33.4 Å². The van der Waals surface area contributed by atoms with Gasteiger partial charge in [-0.15, -0.1) is 0 Å². The van der Waals surface area contributed by atoms with Crippen molar-refractivity contribution >= 4 is 17.6 Å². The lowest BCUT2D eigenvalue weighted by atomic mass is 9.97. The monoisotopic (exact) mass is 249 g/mol. The molecule has 0 N–H and O–H groups in total. The average molecular weight is 249 g/mol. The minimum Gasteiger partial charge on any atom is -0.493 e. The molecule has 1 aromatic carbocycles. The minimum atomic E-state index is -0.847. The third-order valence-electron chi connectivity index (χ3n) is 2.80. The molecule has 0 saturated heterocycles. The molecule has 2 rings (SSSR count). The molecule has 2 amide bonds. The highest BCUT2D eigenvalue weighted by Gasteiger charge is 2.36. The van der Waals surface area contributed by atoms with Crippen LogP contribution in [0.1, 0.15) is 20.7 Å². The number of nitrogens with zero attached hydrogens (tertiary/aromatic N) is 1. The van der Waals surface area contributed by atoms with E-state index in [0.717, 1.165) is 4.90 Å². The number of hydrogen-bond acceptors (Lipinski definition) is 5. The molecule has 1 heterocycles. The van der Waals surface area contributed by atoms with E-state index in [2.05, 4.69) is 0 Å². The van der Waals surface area contributed by atoms with Crippen LogP contribution in [0.2, 0.25) is 0 Å². The van der Waals surface area contributed by atoms with Gasteiger partial charge in [-0.2, -0.15) is 0 Å². The highest BCUT2D eigenvalue weighted by molar-refractivity contribution is 6.49. The fourth-order valence-electron chi connectivity index (χ4n) is 1.78. The van der Waals surface area contributed by atoms with E-state index in [-0.39, 0.29) is 11.1 Å². The Morgan fingerprint density at radius 2 is 1.39 bits per heavy atom. The first-order valence-electron chi connectivity index (χ1n) is 5.14. The second-order valence-electron chi connectivity index (χ2n) is 3.75. The van der Waals surface area contributed by atoms with E-state index < -0.39 is 17.6 Å². The van der Waals surface area contributed by atoms with Gasteiger partial charge in [0.15, 0.2) is 11.5 Å². The van der Waals surface area contributed by atoms with E-state index in [1.54, 1.807) is 0 Å². The van der Waals surface area contributed by atoms with Gasteiger partial charge < -0.3 is 9.47 Å². The maximum Gasteiger partial charge on any atom is 0.301 e. The maximum absolute atomic E-state index is 11.9. The summed E-state index contributed by atoms with van der Waals surface area (Å²) < 4.78 is 10.1. The zero-order valence-electron chi connectivity index (χ0n) is 10.1. The van der Waals surface area contributed by atoms with E-state index in [0.29, 0.717) is 11.5 Å². The van der Waals surface area contributed by atoms with E-state index >= 15 is 0 Å². The standard InChI is InChI=1S/C12H11NO5/c1-13-11(15)7-5-9(18-3)8(17-2)4-6(7)10(14)12(13)16/h4-5H,1-3H3. The van der Waals surface area contributed by atoms with Crippen molar-refractivity contribution in [1.82, 2.24) is 4.90 Å². The van der Waals surface area contributed by atoms with Crippen LogP contribution in [0.5, 0.6) is 11.5 Å². The van der Waals surface area contributed by atoms with Crippen molar-refractivity contribution in [3.05, 3.63) is 23.3 Å². The van der Waals surface area contributed by atoms with Crippen LogP contribution in [0.15, 0.2) is 12.1 Å². The Morgan fingerprint density at radius 1 is 0.889 bits per heavy atom. The second-order valence-corrected chi connectivity index (χ2v) is 3.75. The van der Waals surface area contributed by atoms with Gasteiger partial charge in [-0.3, -0.25) is 19.3 Å². The fourth-order valence-corrected chi connectivity index (χ4v) is 1.78. The number of carbonyl (C=O) groups is 3. The Hall–Kier alpha value is -2.37. The summed E-state index contributed by atoms with van der Waals surface area (Å²) in [5.41, 5.74) is 0.181. The molecular weight excluding hydrogens is 238 g/mol. The molecule has 1 aliphatic heterocycles. The number of amides is 2. The van der Waals surface area contributed by atoms with Crippen molar-refractivity contribution in [3.63, 3.8) is 0 Å². The molecule has 0 fully saturated rings. The number of ketones is 1. The molecule has 0 aromatic heterocycles. The molecule has 0 radical (unpaired) electrons. The number of methoxy groups -OCH3 is 2. The predicted octanol–water partition coefficient (Wildman–Crippen LogP) is 0.499. The number of carbonyl (C=O) groups excluding carboxylic acids is 3. The fraction of sp³-hybridized carbons (Fsp3) is 0.250.